The zero-order chi connectivity index (χ0) is 19.6. The van der Waals surface area contributed by atoms with E-state index in [0.717, 1.165) is 23.5 Å². The maximum absolute atomic E-state index is 9.29. The van der Waals surface area contributed by atoms with Crippen molar-refractivity contribution in [2.24, 2.45) is 0 Å². The van der Waals surface area contributed by atoms with Crippen LogP contribution >= 0.6 is 0 Å². The van der Waals surface area contributed by atoms with Crippen molar-refractivity contribution in [3.8, 4) is 17.5 Å². The zero-order valence-electron chi connectivity index (χ0n) is 16.0. The van der Waals surface area contributed by atoms with E-state index >= 15 is 0 Å². The summed E-state index contributed by atoms with van der Waals surface area (Å²) in [5, 5.41) is 9.29. The second kappa shape index (κ2) is 7.76. The molecule has 0 spiro atoms. The third-order valence-electron chi connectivity index (χ3n) is 5.89. The summed E-state index contributed by atoms with van der Waals surface area (Å²) in [7, 11) is 0. The van der Waals surface area contributed by atoms with Gasteiger partial charge >= 0.3 is 0 Å². The molecule has 2 aromatic heterocycles. The van der Waals surface area contributed by atoms with Gasteiger partial charge in [-0.05, 0) is 48.1 Å². The first-order valence-electron chi connectivity index (χ1n) is 10.0. The quantitative estimate of drug-likeness (QED) is 0.640. The Morgan fingerprint density at radius 2 is 2.07 bits per heavy atom. The van der Waals surface area contributed by atoms with Gasteiger partial charge in [0.15, 0.2) is 0 Å². The van der Waals surface area contributed by atoms with Crippen LogP contribution in [-0.4, -0.2) is 20.6 Å². The Balaban J connectivity index is 1.36. The van der Waals surface area contributed by atoms with Crippen LogP contribution in [0.3, 0.4) is 0 Å². The van der Waals surface area contributed by atoms with E-state index in [-0.39, 0.29) is 12.1 Å². The van der Waals surface area contributed by atoms with Crippen molar-refractivity contribution in [3.05, 3.63) is 71.8 Å². The molecule has 0 amide bonds. The Hall–Kier alpha value is -3.05. The summed E-state index contributed by atoms with van der Waals surface area (Å²) < 4.78 is 2.17. The van der Waals surface area contributed by atoms with E-state index in [1.165, 1.54) is 30.4 Å². The molecule has 1 aliphatic heterocycles. The molecule has 2 aliphatic rings. The molecule has 1 saturated heterocycles. The predicted octanol–water partition coefficient (Wildman–Crippen LogP) is 2.61. The highest BCUT2D eigenvalue weighted by Crippen LogP contribution is 2.33. The molecule has 0 saturated carbocycles. The Kier molecular flexibility index (Phi) is 4.82. The molecule has 3 unspecified atom stereocenters. The van der Waals surface area contributed by atoms with E-state index in [1.54, 1.807) is 6.20 Å². The first-order valence-corrected chi connectivity index (χ1v) is 10.0. The Bertz CT molecular complexity index is 1050. The van der Waals surface area contributed by atoms with Crippen LogP contribution in [0.25, 0.3) is 11.4 Å². The van der Waals surface area contributed by atoms with E-state index in [1.807, 2.05) is 18.5 Å². The van der Waals surface area contributed by atoms with Gasteiger partial charge < -0.3 is 4.57 Å². The van der Waals surface area contributed by atoms with Crippen LogP contribution in [0, 0.1) is 11.3 Å². The number of fused-ring (bicyclic) bond motifs is 1. The summed E-state index contributed by atoms with van der Waals surface area (Å²) in [5.41, 5.74) is 14.4. The van der Waals surface area contributed by atoms with Crippen molar-refractivity contribution in [2.75, 3.05) is 0 Å². The van der Waals surface area contributed by atoms with Crippen LogP contribution in [-0.2, 0) is 13.0 Å². The summed E-state index contributed by atoms with van der Waals surface area (Å²) in [6.45, 7) is 0.929. The number of nitrogens with zero attached hydrogens (tertiary/aromatic N) is 4. The van der Waals surface area contributed by atoms with Crippen LogP contribution in [0.4, 0.5) is 0 Å². The number of nitriles is 1. The molecule has 7 nitrogen and oxygen atoms in total. The lowest BCUT2D eigenvalue weighted by atomic mass is 9.83. The fourth-order valence-corrected chi connectivity index (χ4v) is 4.42. The van der Waals surface area contributed by atoms with Gasteiger partial charge in [-0.2, -0.15) is 10.8 Å². The van der Waals surface area contributed by atoms with Crippen molar-refractivity contribution < 1.29 is 0 Å². The average Bonchev–Trinajstić information content (AvgIpc) is 3.44. The summed E-state index contributed by atoms with van der Waals surface area (Å²) in [4.78, 5) is 9.10. The minimum Gasteiger partial charge on any atom is -0.336 e. The SMILES string of the molecule is N#CC1NNNC1c1ccnc(-c2cn(CC3CCCc4ccccc43)cn2)c1. The van der Waals surface area contributed by atoms with Crippen molar-refractivity contribution >= 4 is 0 Å². The zero-order valence-corrected chi connectivity index (χ0v) is 16.0. The van der Waals surface area contributed by atoms with Gasteiger partial charge in [0.05, 0.1) is 24.1 Å². The van der Waals surface area contributed by atoms with E-state index in [0.29, 0.717) is 5.92 Å². The highest BCUT2D eigenvalue weighted by atomic mass is 15.7. The molecule has 1 fully saturated rings. The summed E-state index contributed by atoms with van der Waals surface area (Å²) >= 11 is 0. The molecule has 3 atom stereocenters. The molecule has 146 valence electrons. The topological polar surface area (TPSA) is 90.6 Å². The highest BCUT2D eigenvalue weighted by molar-refractivity contribution is 5.54. The number of pyridine rings is 1. The molecule has 3 N–H and O–H groups in total. The summed E-state index contributed by atoms with van der Waals surface area (Å²) in [6.07, 6.45) is 9.38. The van der Waals surface area contributed by atoms with Crippen LogP contribution in [0.5, 0.6) is 0 Å². The Morgan fingerprint density at radius 3 is 3.00 bits per heavy atom. The van der Waals surface area contributed by atoms with Gasteiger partial charge in [0.25, 0.3) is 0 Å². The maximum Gasteiger partial charge on any atom is 0.130 e. The van der Waals surface area contributed by atoms with E-state index in [2.05, 4.69) is 67.5 Å². The van der Waals surface area contributed by atoms with Crippen molar-refractivity contribution in [2.45, 2.75) is 43.8 Å². The van der Waals surface area contributed by atoms with E-state index in [9.17, 15) is 5.26 Å². The van der Waals surface area contributed by atoms with Gasteiger partial charge in [0.1, 0.15) is 11.7 Å². The maximum atomic E-state index is 9.29. The number of aryl methyl sites for hydroxylation is 1. The van der Waals surface area contributed by atoms with Crippen molar-refractivity contribution in [1.29, 1.82) is 5.26 Å². The summed E-state index contributed by atoms with van der Waals surface area (Å²) in [5.74, 6) is 0.525. The fourth-order valence-electron chi connectivity index (χ4n) is 4.42. The molecular weight excluding hydrogens is 362 g/mol. The molecule has 29 heavy (non-hydrogen) atoms. The minimum atomic E-state index is -0.339. The lowest BCUT2D eigenvalue weighted by Crippen LogP contribution is -2.32. The number of benzene rings is 1. The molecule has 3 aromatic rings. The van der Waals surface area contributed by atoms with Gasteiger partial charge in [-0.25, -0.2) is 15.8 Å². The molecule has 5 rings (SSSR count). The molecule has 1 aromatic carbocycles. The van der Waals surface area contributed by atoms with Crippen LogP contribution in [0.2, 0.25) is 0 Å². The second-order valence-corrected chi connectivity index (χ2v) is 7.72. The van der Waals surface area contributed by atoms with E-state index < -0.39 is 0 Å². The van der Waals surface area contributed by atoms with Crippen molar-refractivity contribution in [1.82, 2.24) is 30.9 Å². The number of hydrazine groups is 2. The number of hydrogen-bond acceptors (Lipinski definition) is 6. The molecule has 0 radical (unpaired) electrons. The lowest BCUT2D eigenvalue weighted by molar-refractivity contribution is 0.483. The average molecular weight is 385 g/mol. The number of hydrogen-bond donors (Lipinski definition) is 3. The Morgan fingerprint density at radius 1 is 1.14 bits per heavy atom. The van der Waals surface area contributed by atoms with Crippen LogP contribution in [0.15, 0.2) is 55.1 Å². The van der Waals surface area contributed by atoms with Gasteiger partial charge in [0, 0.05) is 24.9 Å². The molecule has 7 heteroatoms. The van der Waals surface area contributed by atoms with Gasteiger partial charge in [0.2, 0.25) is 0 Å². The third-order valence-corrected chi connectivity index (χ3v) is 5.89. The third kappa shape index (κ3) is 3.54. The second-order valence-electron chi connectivity index (χ2n) is 7.72. The summed E-state index contributed by atoms with van der Waals surface area (Å²) in [6, 6.07) is 14.5. The highest BCUT2D eigenvalue weighted by Gasteiger charge is 2.28. The molecular formula is C22H23N7. The fraction of sp³-hybridized carbons (Fsp3) is 0.318. The largest absolute Gasteiger partial charge is 0.336 e. The minimum absolute atomic E-state index is 0.137. The standard InChI is InChI=1S/C22H23N7/c23-11-20-22(27-28-26-20)16-8-9-24-19(10-16)21-13-29(14-25-21)12-17-6-3-5-15-4-1-2-7-18(15)17/h1-2,4,7-10,13-14,17,20,22,26-28H,3,5-6,12H2. The smallest absolute Gasteiger partial charge is 0.130 e. The predicted molar refractivity (Wildman–Crippen MR) is 109 cm³/mol. The van der Waals surface area contributed by atoms with Gasteiger partial charge in [-0.15, -0.1) is 0 Å². The molecule has 3 heterocycles. The first-order chi connectivity index (χ1) is 14.3. The molecule has 0 bridgehead atoms. The Labute approximate surface area is 169 Å². The van der Waals surface area contributed by atoms with Crippen molar-refractivity contribution in [3.63, 3.8) is 0 Å². The van der Waals surface area contributed by atoms with Crippen LogP contribution < -0.4 is 16.4 Å². The van der Waals surface area contributed by atoms with E-state index in [4.69, 9.17) is 0 Å². The normalized spacial score (nSPS) is 23.5. The number of nitrogens with one attached hydrogen (secondary N) is 3. The number of rotatable bonds is 4. The lowest BCUT2D eigenvalue weighted by Gasteiger charge is -2.25. The number of imidazole rings is 1. The number of aromatic nitrogens is 3. The van der Waals surface area contributed by atoms with Crippen LogP contribution in [0.1, 0.15) is 41.5 Å². The van der Waals surface area contributed by atoms with Gasteiger partial charge in [-0.1, -0.05) is 24.3 Å². The monoisotopic (exact) mass is 385 g/mol. The molecule has 1 aliphatic carbocycles. The van der Waals surface area contributed by atoms with Gasteiger partial charge in [-0.3, -0.25) is 4.98 Å². The first kappa shape index (κ1) is 18.0.